The molecule has 9 heteroatoms. The highest BCUT2D eigenvalue weighted by Crippen LogP contribution is 2.51. The van der Waals surface area contributed by atoms with E-state index < -0.39 is 17.3 Å². The standard InChI is InChI=1S/C25H23ClFN3O3S/c1-14-19(26)4-3-5-20(14)30-23(32)22-18-10-11-28(15(2)31)13-21(18)34-24(22)29(25(30)33)12-16-6-8-17(27)9-7-16/h3-9,22,24H,10-13H2,1-2H3. The van der Waals surface area contributed by atoms with E-state index in [-0.39, 0.29) is 24.2 Å². The van der Waals surface area contributed by atoms with Gasteiger partial charge in [0.15, 0.2) is 0 Å². The third kappa shape index (κ3) is 3.79. The number of urea groups is 1. The van der Waals surface area contributed by atoms with Crippen molar-refractivity contribution in [1.29, 1.82) is 0 Å². The van der Waals surface area contributed by atoms with Crippen molar-refractivity contribution in [2.75, 3.05) is 18.0 Å². The minimum absolute atomic E-state index is 0.0104. The van der Waals surface area contributed by atoms with Crippen molar-refractivity contribution < 1.29 is 18.8 Å². The summed E-state index contributed by atoms with van der Waals surface area (Å²) < 4.78 is 13.5. The SMILES string of the molecule is CC(=O)N1CCC2=C(C1)SC1C2C(=O)N(c2cccc(Cl)c2C)C(=O)N1Cc1ccc(F)cc1. The lowest BCUT2D eigenvalue weighted by atomic mass is 9.89. The number of benzene rings is 2. The first-order valence-electron chi connectivity index (χ1n) is 11.0. The lowest BCUT2D eigenvalue weighted by molar-refractivity contribution is -0.128. The van der Waals surface area contributed by atoms with Crippen LogP contribution in [-0.2, 0) is 16.1 Å². The van der Waals surface area contributed by atoms with Gasteiger partial charge >= 0.3 is 6.03 Å². The second-order valence-electron chi connectivity index (χ2n) is 8.72. The molecule has 2 unspecified atom stereocenters. The van der Waals surface area contributed by atoms with Crippen molar-refractivity contribution in [3.8, 4) is 0 Å². The normalized spacial score (nSPS) is 22.3. The number of rotatable bonds is 3. The minimum atomic E-state index is -0.509. The molecule has 0 aliphatic carbocycles. The summed E-state index contributed by atoms with van der Waals surface area (Å²) in [7, 11) is 0. The van der Waals surface area contributed by atoms with E-state index in [2.05, 4.69) is 0 Å². The molecule has 0 N–H and O–H groups in total. The molecule has 2 aromatic rings. The number of nitrogens with zero attached hydrogens (tertiary/aromatic N) is 3. The van der Waals surface area contributed by atoms with Gasteiger partial charge in [0, 0.05) is 29.9 Å². The van der Waals surface area contributed by atoms with Crippen molar-refractivity contribution in [2.24, 2.45) is 5.92 Å². The summed E-state index contributed by atoms with van der Waals surface area (Å²) in [6, 6.07) is 10.8. The summed E-state index contributed by atoms with van der Waals surface area (Å²) in [6.07, 6.45) is 0.593. The monoisotopic (exact) mass is 499 g/mol. The summed E-state index contributed by atoms with van der Waals surface area (Å²) in [5.74, 6) is -1.14. The van der Waals surface area contributed by atoms with Crippen molar-refractivity contribution in [3.63, 3.8) is 0 Å². The van der Waals surface area contributed by atoms with Crippen LogP contribution in [0.4, 0.5) is 14.9 Å². The van der Waals surface area contributed by atoms with Crippen LogP contribution < -0.4 is 4.90 Å². The number of amides is 4. The second-order valence-corrected chi connectivity index (χ2v) is 10.3. The number of carbonyl (C=O) groups excluding carboxylic acids is 3. The Morgan fingerprint density at radius 1 is 1.18 bits per heavy atom. The number of hydrogen-bond acceptors (Lipinski definition) is 4. The van der Waals surface area contributed by atoms with E-state index in [1.807, 2.05) is 0 Å². The zero-order valence-electron chi connectivity index (χ0n) is 18.8. The lowest BCUT2D eigenvalue weighted by Crippen LogP contribution is -2.60. The minimum Gasteiger partial charge on any atom is -0.338 e. The van der Waals surface area contributed by atoms with Crippen LogP contribution >= 0.6 is 23.4 Å². The highest BCUT2D eigenvalue weighted by atomic mass is 35.5. The van der Waals surface area contributed by atoms with E-state index in [1.165, 1.54) is 35.7 Å². The van der Waals surface area contributed by atoms with E-state index in [0.717, 1.165) is 16.0 Å². The number of halogens is 2. The van der Waals surface area contributed by atoms with Crippen LogP contribution in [0.3, 0.4) is 0 Å². The highest BCUT2D eigenvalue weighted by molar-refractivity contribution is 8.04. The molecule has 4 amide bonds. The van der Waals surface area contributed by atoms with Crippen molar-refractivity contribution >= 4 is 46.9 Å². The average molecular weight is 500 g/mol. The molecule has 1 fully saturated rings. The van der Waals surface area contributed by atoms with Crippen LogP contribution in [0.5, 0.6) is 0 Å². The number of thioether (sulfide) groups is 1. The molecule has 6 nitrogen and oxygen atoms in total. The Morgan fingerprint density at radius 3 is 2.62 bits per heavy atom. The molecule has 0 saturated carbocycles. The third-order valence-electron chi connectivity index (χ3n) is 6.69. The molecule has 5 rings (SSSR count). The summed E-state index contributed by atoms with van der Waals surface area (Å²) in [5, 5.41) is 0.0541. The van der Waals surface area contributed by atoms with Gasteiger partial charge in [0.25, 0.3) is 0 Å². The Labute approximate surface area is 206 Å². The molecule has 0 aromatic heterocycles. The Bertz CT molecular complexity index is 1230. The average Bonchev–Trinajstić information content (AvgIpc) is 3.19. The molecule has 0 spiro atoms. The summed E-state index contributed by atoms with van der Waals surface area (Å²) in [6.45, 7) is 4.55. The fourth-order valence-electron chi connectivity index (χ4n) is 4.83. The Hall–Kier alpha value is -2.84. The molecule has 34 heavy (non-hydrogen) atoms. The van der Waals surface area contributed by atoms with Crippen molar-refractivity contribution in [1.82, 2.24) is 9.80 Å². The topological polar surface area (TPSA) is 60.9 Å². The first-order chi connectivity index (χ1) is 16.3. The Balaban J connectivity index is 1.57. The zero-order valence-corrected chi connectivity index (χ0v) is 20.3. The Kier molecular flexibility index (Phi) is 5.90. The number of imide groups is 1. The van der Waals surface area contributed by atoms with Crippen molar-refractivity contribution in [2.45, 2.75) is 32.2 Å². The van der Waals surface area contributed by atoms with Gasteiger partial charge in [-0.15, -0.1) is 11.8 Å². The maximum atomic E-state index is 13.9. The largest absolute Gasteiger partial charge is 0.338 e. The van der Waals surface area contributed by atoms with Gasteiger partial charge in [-0.05, 0) is 54.3 Å². The van der Waals surface area contributed by atoms with Gasteiger partial charge in [-0.3, -0.25) is 9.59 Å². The number of fused-ring (bicyclic) bond motifs is 2. The maximum absolute atomic E-state index is 13.9. The molecule has 176 valence electrons. The van der Waals surface area contributed by atoms with E-state index in [4.69, 9.17) is 11.6 Å². The highest BCUT2D eigenvalue weighted by Gasteiger charge is 2.53. The van der Waals surface area contributed by atoms with Gasteiger partial charge in [-0.1, -0.05) is 29.8 Å². The van der Waals surface area contributed by atoms with Gasteiger partial charge in [-0.25, -0.2) is 14.1 Å². The van der Waals surface area contributed by atoms with Gasteiger partial charge in [0.2, 0.25) is 11.8 Å². The zero-order chi connectivity index (χ0) is 24.1. The molecular weight excluding hydrogens is 477 g/mol. The molecule has 3 aliphatic heterocycles. The van der Waals surface area contributed by atoms with Crippen LogP contribution in [0.15, 0.2) is 52.9 Å². The van der Waals surface area contributed by atoms with Crippen LogP contribution in [0, 0.1) is 18.7 Å². The van der Waals surface area contributed by atoms with Gasteiger partial charge in [0.05, 0.1) is 23.5 Å². The van der Waals surface area contributed by atoms with E-state index in [0.29, 0.717) is 35.8 Å². The summed E-state index contributed by atoms with van der Waals surface area (Å²) in [4.78, 5) is 45.3. The van der Waals surface area contributed by atoms with Crippen LogP contribution in [0.2, 0.25) is 5.02 Å². The van der Waals surface area contributed by atoms with E-state index >= 15 is 0 Å². The first kappa shape index (κ1) is 22.9. The van der Waals surface area contributed by atoms with Crippen LogP contribution in [0.25, 0.3) is 0 Å². The number of carbonyl (C=O) groups is 3. The molecule has 1 saturated heterocycles. The molecular formula is C25H23ClFN3O3S. The first-order valence-corrected chi connectivity index (χ1v) is 12.3. The van der Waals surface area contributed by atoms with Gasteiger partial charge in [-0.2, -0.15) is 0 Å². The van der Waals surface area contributed by atoms with Gasteiger partial charge in [0.1, 0.15) is 5.82 Å². The fraction of sp³-hybridized carbons (Fsp3) is 0.320. The maximum Gasteiger partial charge on any atom is 0.332 e. The summed E-state index contributed by atoms with van der Waals surface area (Å²) >= 11 is 7.81. The number of hydrogen-bond donors (Lipinski definition) is 0. The molecule has 3 aliphatic rings. The fourth-order valence-corrected chi connectivity index (χ4v) is 6.62. The Morgan fingerprint density at radius 2 is 1.91 bits per heavy atom. The predicted molar refractivity (Wildman–Crippen MR) is 130 cm³/mol. The molecule has 0 bridgehead atoms. The number of anilines is 1. The summed E-state index contributed by atoms with van der Waals surface area (Å²) in [5.41, 5.74) is 2.88. The lowest BCUT2D eigenvalue weighted by Gasteiger charge is -2.42. The smallest absolute Gasteiger partial charge is 0.332 e. The second kappa shape index (κ2) is 8.74. The predicted octanol–water partition coefficient (Wildman–Crippen LogP) is 4.95. The van der Waals surface area contributed by atoms with Gasteiger partial charge < -0.3 is 9.80 Å². The molecule has 2 atom stereocenters. The molecule has 0 radical (unpaired) electrons. The molecule has 2 aromatic carbocycles. The van der Waals surface area contributed by atoms with Crippen molar-refractivity contribution in [3.05, 3.63) is 74.9 Å². The van der Waals surface area contributed by atoms with Crippen LogP contribution in [0.1, 0.15) is 24.5 Å². The quantitative estimate of drug-likeness (QED) is 0.599. The third-order valence-corrected chi connectivity index (χ3v) is 8.54. The molecule has 3 heterocycles. The van der Waals surface area contributed by atoms with E-state index in [1.54, 1.807) is 47.1 Å². The van der Waals surface area contributed by atoms with Crippen LogP contribution in [-0.4, -0.2) is 46.1 Å². The van der Waals surface area contributed by atoms with E-state index in [9.17, 15) is 18.8 Å².